The maximum atomic E-state index is 14.0. The minimum absolute atomic E-state index is 0.0444. The summed E-state index contributed by atoms with van der Waals surface area (Å²) >= 11 is 0. The standard InChI is InChI=1S/C54H95N7O17/c1-30(75-48(5,6)7)57-28-53(21-22-53)27-55-25-31-19-20-32(58-36(63)24-47(2,3)4)41(73-31)54(71)35(60-45(68)77-50(11,12)13)23-33(59-42(66)34(62)26-56-44(67)76-49(8,9)10)38(40(54)65)74-43-37(64)39(52(17,70)29-72-43)61(18)46(69)78-51(14,15)16/h19,32-35,37-41,43,55,57,62,64-65,70-71H,1,20-29H2,2-18H3,(H,56,67)(H,58,63)(H,59,66)(H,60,68)/t32-,33-,34+,35+,37-,38+,39-,40-,41+,43-,52+,54-/m1/s1. The van der Waals surface area contributed by atoms with Crippen LogP contribution < -0.4 is 31.9 Å². The number of aliphatic hydroxyl groups excluding tert-OH is 3. The summed E-state index contributed by atoms with van der Waals surface area (Å²) in [6, 6.07) is -5.71. The average Bonchev–Trinajstić information content (AvgIpc) is 4.02. The van der Waals surface area contributed by atoms with Gasteiger partial charge in [-0.3, -0.25) is 9.59 Å². The molecule has 24 nitrogen and oxygen atoms in total. The second-order valence-corrected chi connectivity index (χ2v) is 26.9. The fourth-order valence-corrected chi connectivity index (χ4v) is 9.57. The molecule has 0 bridgehead atoms. The highest BCUT2D eigenvalue weighted by atomic mass is 16.7. The van der Waals surface area contributed by atoms with Crippen LogP contribution in [0, 0.1) is 10.8 Å². The average molecular weight is 1110 g/mol. The van der Waals surface area contributed by atoms with E-state index in [1.165, 1.54) is 14.0 Å². The van der Waals surface area contributed by atoms with E-state index >= 15 is 0 Å². The number of carbonyl (C=O) groups excluding carboxylic acids is 5. The van der Waals surface area contributed by atoms with Crippen LogP contribution in [0.15, 0.2) is 24.3 Å². The van der Waals surface area contributed by atoms with E-state index in [0.29, 0.717) is 24.7 Å². The third kappa shape index (κ3) is 19.5. The number of nitrogens with zero attached hydrogens (tertiary/aromatic N) is 1. The van der Waals surface area contributed by atoms with Crippen molar-refractivity contribution in [1.29, 1.82) is 0 Å². The maximum Gasteiger partial charge on any atom is 0.410 e. The number of nitrogens with one attached hydrogen (secondary N) is 6. The van der Waals surface area contributed by atoms with Gasteiger partial charge in [-0.25, -0.2) is 14.4 Å². The van der Waals surface area contributed by atoms with Gasteiger partial charge in [-0.1, -0.05) is 20.8 Å². The minimum Gasteiger partial charge on any atom is -0.488 e. The van der Waals surface area contributed by atoms with Gasteiger partial charge in [-0.05, 0) is 134 Å². The summed E-state index contributed by atoms with van der Waals surface area (Å²) in [5, 5.41) is 78.9. The van der Waals surface area contributed by atoms with E-state index in [2.05, 4.69) is 38.5 Å². The normalized spacial score (nSPS) is 29.7. The van der Waals surface area contributed by atoms with E-state index in [9.17, 15) is 49.5 Å². The summed E-state index contributed by atoms with van der Waals surface area (Å²) in [4.78, 5) is 68.8. The van der Waals surface area contributed by atoms with Gasteiger partial charge in [0.25, 0.3) is 5.91 Å². The van der Waals surface area contributed by atoms with E-state index in [0.717, 1.165) is 17.7 Å². The smallest absolute Gasteiger partial charge is 0.410 e. The molecule has 5 amide bonds. The SMILES string of the molecule is C=C(NCC1(CNCC2=CC[C@@H](NC(=O)CC(C)(C)C)[C@@H]([C@@]3(O)[C@@H](NC(=O)OC(C)(C)C)C[C@@H](NC(=O)[C@@H](O)CNC(=O)OC(C)(C)C)[C@H](O[C@H]4OC[C@](C)(O)[C@H](N(C)C(=O)OC(C)(C)C)[C@H]4O)[C@H]3O)O2)CC1)OC(C)(C)C. The van der Waals surface area contributed by atoms with Crippen LogP contribution in [-0.2, 0) is 42.7 Å². The zero-order valence-corrected chi connectivity index (χ0v) is 49.2. The highest BCUT2D eigenvalue weighted by Gasteiger charge is 2.64. The van der Waals surface area contributed by atoms with Gasteiger partial charge in [0.1, 0.15) is 58.2 Å². The van der Waals surface area contributed by atoms with E-state index < -0.39 is 150 Å². The first kappa shape index (κ1) is 65.8. The molecule has 0 spiro atoms. The third-order valence-corrected chi connectivity index (χ3v) is 13.1. The topological polar surface area (TPSA) is 327 Å². The van der Waals surface area contributed by atoms with Crippen molar-refractivity contribution in [3.63, 3.8) is 0 Å². The lowest BCUT2D eigenvalue weighted by Crippen LogP contribution is -2.79. The fourth-order valence-electron chi connectivity index (χ4n) is 9.57. The number of ether oxygens (including phenoxy) is 7. The molecule has 0 aromatic heterocycles. The van der Waals surface area contributed by atoms with Crippen LogP contribution in [0.4, 0.5) is 14.4 Å². The van der Waals surface area contributed by atoms with Crippen LogP contribution in [0.5, 0.6) is 0 Å². The van der Waals surface area contributed by atoms with Gasteiger partial charge in [-0.2, -0.15) is 0 Å². The Balaban J connectivity index is 1.81. The predicted molar refractivity (Wildman–Crippen MR) is 286 cm³/mol. The van der Waals surface area contributed by atoms with Crippen molar-refractivity contribution in [2.45, 2.75) is 237 Å². The number of hydrogen-bond donors (Lipinski definition) is 11. The Kier molecular flexibility index (Phi) is 21.1. The molecule has 4 rings (SSSR count). The molecule has 2 saturated carbocycles. The van der Waals surface area contributed by atoms with Gasteiger partial charge in [0.05, 0.1) is 43.9 Å². The van der Waals surface area contributed by atoms with Crippen LogP contribution in [-0.4, -0.2) is 195 Å². The van der Waals surface area contributed by atoms with Gasteiger partial charge >= 0.3 is 18.3 Å². The van der Waals surface area contributed by atoms with Crippen molar-refractivity contribution >= 4 is 30.1 Å². The summed E-state index contributed by atoms with van der Waals surface area (Å²) in [5.41, 5.74) is -8.65. The summed E-state index contributed by atoms with van der Waals surface area (Å²) in [6.45, 7) is 31.4. The van der Waals surface area contributed by atoms with Crippen LogP contribution in [0.3, 0.4) is 0 Å². The highest BCUT2D eigenvalue weighted by molar-refractivity contribution is 5.82. The van der Waals surface area contributed by atoms with Crippen molar-refractivity contribution in [2.24, 2.45) is 10.8 Å². The number of aliphatic hydroxyl groups is 5. The molecule has 4 aliphatic rings. The molecule has 12 atom stereocenters. The van der Waals surface area contributed by atoms with Crippen molar-refractivity contribution < 1.29 is 82.7 Å². The van der Waals surface area contributed by atoms with Gasteiger partial charge in [0.15, 0.2) is 23.9 Å². The molecule has 78 heavy (non-hydrogen) atoms. The molecule has 0 radical (unpaired) electrons. The molecule has 2 aliphatic carbocycles. The Morgan fingerprint density at radius 2 is 1.37 bits per heavy atom. The Bertz CT molecular complexity index is 2140. The molecule has 24 heteroatoms. The Morgan fingerprint density at radius 1 is 0.795 bits per heavy atom. The summed E-state index contributed by atoms with van der Waals surface area (Å²) in [5.74, 6) is -0.763. The lowest BCUT2D eigenvalue weighted by Gasteiger charge is -2.55. The largest absolute Gasteiger partial charge is 0.488 e. The molecule has 448 valence electrons. The zero-order chi connectivity index (χ0) is 59.4. The second kappa shape index (κ2) is 25.0. The maximum absolute atomic E-state index is 14.0. The van der Waals surface area contributed by atoms with Gasteiger partial charge in [0.2, 0.25) is 5.91 Å². The van der Waals surface area contributed by atoms with Crippen molar-refractivity contribution in [2.75, 3.05) is 39.8 Å². The number of alkyl carbamates (subject to hydrolysis) is 2. The van der Waals surface area contributed by atoms with Crippen molar-refractivity contribution in [1.82, 2.24) is 36.8 Å². The zero-order valence-electron chi connectivity index (χ0n) is 49.2. The Hall–Kier alpha value is -4.69. The summed E-state index contributed by atoms with van der Waals surface area (Å²) in [7, 11) is 1.30. The molecular weight excluding hydrogens is 1020 g/mol. The van der Waals surface area contributed by atoms with Crippen LogP contribution in [0.1, 0.15) is 143 Å². The molecule has 1 saturated heterocycles. The first-order valence-corrected chi connectivity index (χ1v) is 26.9. The third-order valence-electron chi connectivity index (χ3n) is 13.1. The van der Waals surface area contributed by atoms with Crippen molar-refractivity contribution in [3.05, 3.63) is 24.3 Å². The highest BCUT2D eigenvalue weighted by Crippen LogP contribution is 2.45. The number of likely N-dealkylation sites (N-methyl/N-ethyl adjacent to an activating group) is 1. The number of hydrogen-bond acceptors (Lipinski definition) is 19. The molecule has 3 fully saturated rings. The summed E-state index contributed by atoms with van der Waals surface area (Å²) in [6.07, 6.45) is -11.2. The Morgan fingerprint density at radius 3 is 1.92 bits per heavy atom. The summed E-state index contributed by atoms with van der Waals surface area (Å²) < 4.78 is 41.4. The molecule has 0 aromatic carbocycles. The number of amides is 5. The predicted octanol–water partition coefficient (Wildman–Crippen LogP) is 2.67. The fraction of sp³-hybridized carbons (Fsp3) is 0.833. The van der Waals surface area contributed by atoms with Crippen LogP contribution in [0.2, 0.25) is 0 Å². The second-order valence-electron chi connectivity index (χ2n) is 26.9. The molecule has 11 N–H and O–H groups in total. The monoisotopic (exact) mass is 1110 g/mol. The quantitative estimate of drug-likeness (QED) is 0.0654. The molecular formula is C54H95N7O17. The molecule has 2 aliphatic heterocycles. The van der Waals surface area contributed by atoms with Crippen molar-refractivity contribution in [3.8, 4) is 0 Å². The van der Waals surface area contributed by atoms with E-state index in [1.54, 1.807) is 68.4 Å². The molecule has 2 heterocycles. The lowest BCUT2D eigenvalue weighted by atomic mass is 9.68. The number of carbonyl (C=O) groups is 5. The first-order valence-electron chi connectivity index (χ1n) is 26.9. The van der Waals surface area contributed by atoms with Gasteiger partial charge < -0.3 is 95.5 Å². The first-order chi connectivity index (χ1) is 35.4. The number of rotatable bonds is 19. The Labute approximate surface area is 460 Å². The molecule has 0 aromatic rings. The minimum atomic E-state index is -2.70. The van der Waals surface area contributed by atoms with Crippen LogP contribution >= 0.6 is 0 Å². The van der Waals surface area contributed by atoms with Crippen LogP contribution in [0.25, 0.3) is 0 Å². The van der Waals surface area contributed by atoms with Gasteiger partial charge in [0, 0.05) is 32.0 Å². The van der Waals surface area contributed by atoms with E-state index in [1.807, 2.05) is 41.5 Å². The van der Waals surface area contributed by atoms with Gasteiger partial charge in [-0.15, -0.1) is 0 Å². The molecule has 0 unspecified atom stereocenters. The van der Waals surface area contributed by atoms with E-state index in [-0.39, 0.29) is 24.8 Å². The lowest BCUT2D eigenvalue weighted by molar-refractivity contribution is -0.318. The van der Waals surface area contributed by atoms with E-state index in [4.69, 9.17) is 33.2 Å².